The minimum Gasteiger partial charge on any atom is -0.508 e. The molecule has 0 spiro atoms. The number of hydrogen-bond donors (Lipinski definition) is 1. The van der Waals surface area contributed by atoms with E-state index in [2.05, 4.69) is 61.8 Å². The number of ether oxygens (including phenoxy) is 2. The Kier molecular flexibility index (Phi) is 10.1. The van der Waals surface area contributed by atoms with Crippen molar-refractivity contribution in [3.05, 3.63) is 82.9 Å². The van der Waals surface area contributed by atoms with Crippen LogP contribution in [0.5, 0.6) is 11.5 Å². The smallest absolute Gasteiger partial charge is 0.165 e. The number of hydrogen-bond acceptors (Lipinski definition) is 5. The zero-order valence-corrected chi connectivity index (χ0v) is 24.2. The predicted molar refractivity (Wildman–Crippen MR) is 155 cm³/mol. The van der Waals surface area contributed by atoms with Crippen LogP contribution >= 0.6 is 0 Å². The highest BCUT2D eigenvalue weighted by atomic mass is 19.1. The van der Waals surface area contributed by atoms with Crippen molar-refractivity contribution >= 4 is 0 Å². The molecule has 0 amide bonds. The number of phenols is 1. The number of phenolic OH excluding ortho intramolecular Hbond substituents is 1. The molecule has 212 valence electrons. The number of nitrogens with zero attached hydrogens (tertiary/aromatic N) is 2. The lowest BCUT2D eigenvalue weighted by Crippen LogP contribution is -2.46. The second-order valence-corrected chi connectivity index (χ2v) is 11.1. The minimum absolute atomic E-state index is 0.127. The average Bonchev–Trinajstić information content (AvgIpc) is 2.94. The van der Waals surface area contributed by atoms with Gasteiger partial charge in [-0.05, 0) is 111 Å². The molecule has 2 unspecified atom stereocenters. The van der Waals surface area contributed by atoms with Crippen LogP contribution in [-0.2, 0) is 24.1 Å². The lowest BCUT2D eigenvalue weighted by molar-refractivity contribution is 0.110. The van der Waals surface area contributed by atoms with Crippen molar-refractivity contribution in [1.82, 2.24) is 9.80 Å². The van der Waals surface area contributed by atoms with Gasteiger partial charge < -0.3 is 19.5 Å². The molecule has 4 rings (SSSR count). The summed E-state index contributed by atoms with van der Waals surface area (Å²) in [5, 5.41) is 9.92. The predicted octanol–water partition coefficient (Wildman–Crippen LogP) is 6.35. The Morgan fingerprint density at radius 3 is 2.56 bits per heavy atom. The molecule has 2 aliphatic carbocycles. The Balaban J connectivity index is 1.51. The zero-order valence-electron chi connectivity index (χ0n) is 24.2. The molecule has 3 atom stereocenters. The first-order valence-corrected chi connectivity index (χ1v) is 14.5. The van der Waals surface area contributed by atoms with E-state index in [4.69, 9.17) is 9.47 Å². The van der Waals surface area contributed by atoms with E-state index in [-0.39, 0.29) is 17.9 Å². The van der Waals surface area contributed by atoms with E-state index in [0.29, 0.717) is 36.5 Å². The quantitative estimate of drug-likeness (QED) is 0.342. The number of rotatable bonds is 12. The van der Waals surface area contributed by atoms with E-state index < -0.39 is 0 Å². The van der Waals surface area contributed by atoms with E-state index >= 15 is 4.39 Å². The lowest BCUT2D eigenvalue weighted by Gasteiger charge is -2.43. The number of allylic oxidation sites excluding steroid dienone is 1. The fourth-order valence-corrected chi connectivity index (χ4v) is 6.07. The number of halogens is 1. The molecule has 1 N–H and O–H groups in total. The van der Waals surface area contributed by atoms with Crippen LogP contribution in [0.1, 0.15) is 50.8 Å². The van der Waals surface area contributed by atoms with Gasteiger partial charge in [0.15, 0.2) is 11.6 Å². The van der Waals surface area contributed by atoms with E-state index in [1.54, 1.807) is 25.3 Å². The van der Waals surface area contributed by atoms with Gasteiger partial charge in [0.05, 0.1) is 7.11 Å². The molecule has 2 aromatic rings. The van der Waals surface area contributed by atoms with E-state index in [1.165, 1.54) is 11.1 Å². The molecule has 5 nitrogen and oxygen atoms in total. The number of aryl methyl sites for hydroxylation is 1. The first-order valence-electron chi connectivity index (χ1n) is 14.5. The molecule has 0 saturated heterocycles. The van der Waals surface area contributed by atoms with Crippen molar-refractivity contribution in [2.75, 3.05) is 33.4 Å². The Bertz CT molecular complexity index is 1160. The molecule has 0 bridgehead atoms. The highest BCUT2D eigenvalue weighted by Crippen LogP contribution is 2.38. The van der Waals surface area contributed by atoms with Gasteiger partial charge in [0.25, 0.3) is 0 Å². The maximum Gasteiger partial charge on any atom is 0.165 e. The zero-order chi connectivity index (χ0) is 27.9. The van der Waals surface area contributed by atoms with Crippen LogP contribution in [0.2, 0.25) is 0 Å². The molecular formula is C33H45FN2O3. The Morgan fingerprint density at radius 1 is 1.08 bits per heavy atom. The number of benzene rings is 2. The van der Waals surface area contributed by atoms with Gasteiger partial charge in [-0.2, -0.15) is 0 Å². The fourth-order valence-electron chi connectivity index (χ4n) is 6.07. The first-order chi connectivity index (χ1) is 18.8. The fraction of sp³-hybridized carbons (Fsp3) is 0.515. The average molecular weight is 537 g/mol. The summed E-state index contributed by atoms with van der Waals surface area (Å²) in [6.07, 6.45) is 9.65. The summed E-state index contributed by atoms with van der Waals surface area (Å²) in [5.74, 6) is 1.99. The van der Waals surface area contributed by atoms with Gasteiger partial charge >= 0.3 is 0 Å². The topological polar surface area (TPSA) is 45.2 Å². The van der Waals surface area contributed by atoms with Gasteiger partial charge in [0.2, 0.25) is 0 Å². The molecule has 0 fully saturated rings. The van der Waals surface area contributed by atoms with Crippen LogP contribution in [0.15, 0.2) is 60.4 Å². The van der Waals surface area contributed by atoms with E-state index in [1.807, 2.05) is 12.1 Å². The van der Waals surface area contributed by atoms with Crippen molar-refractivity contribution in [1.29, 1.82) is 0 Å². The molecule has 0 heterocycles. The molecule has 0 saturated carbocycles. The summed E-state index contributed by atoms with van der Waals surface area (Å²) >= 11 is 0. The van der Waals surface area contributed by atoms with E-state index in [9.17, 15) is 5.11 Å². The van der Waals surface area contributed by atoms with Crippen molar-refractivity contribution in [3.8, 4) is 11.5 Å². The third kappa shape index (κ3) is 7.23. The first kappa shape index (κ1) is 29.2. The minimum atomic E-state index is -0.309. The monoisotopic (exact) mass is 536 g/mol. The van der Waals surface area contributed by atoms with Gasteiger partial charge in [-0.3, -0.25) is 4.90 Å². The molecule has 39 heavy (non-hydrogen) atoms. The Labute approximate surface area is 233 Å². The van der Waals surface area contributed by atoms with Crippen molar-refractivity contribution < 1.29 is 19.0 Å². The van der Waals surface area contributed by atoms with Crippen LogP contribution < -0.4 is 4.74 Å². The van der Waals surface area contributed by atoms with Crippen LogP contribution in [0.25, 0.3) is 0 Å². The van der Waals surface area contributed by atoms with Gasteiger partial charge in [0.1, 0.15) is 18.1 Å². The van der Waals surface area contributed by atoms with Crippen molar-refractivity contribution in [2.45, 2.75) is 65.6 Å². The molecule has 0 aliphatic heterocycles. The largest absolute Gasteiger partial charge is 0.508 e. The number of aromatic hydroxyl groups is 1. The molecule has 6 heteroatoms. The second-order valence-electron chi connectivity index (χ2n) is 11.1. The molecule has 2 aliphatic rings. The summed E-state index contributed by atoms with van der Waals surface area (Å²) in [6, 6.07) is 11.5. The van der Waals surface area contributed by atoms with E-state index in [0.717, 1.165) is 50.2 Å². The summed E-state index contributed by atoms with van der Waals surface area (Å²) in [5.41, 5.74) is 3.52. The third-order valence-corrected chi connectivity index (χ3v) is 8.42. The standard InChI is InChI=1S/C33H45FN2O3/c1-6-35(7-2)16-17-39-33-15-8-24(18-31(33)34)22-36(23(3)4)32-21-29(38-5)13-14-30(32)27-10-9-26-20-28(37)12-11-25(26)19-27/h8,11-15,18,20-21,23,27,30,32,37H,6-7,9-10,16-17,19,22H2,1-5H3/t27-,30?,32?/m1/s1. The number of fused-ring (bicyclic) bond motifs is 1. The number of likely N-dealkylation sites (N-methyl/N-ethyl adjacent to an activating group) is 1. The van der Waals surface area contributed by atoms with Crippen LogP contribution in [0.3, 0.4) is 0 Å². The maximum atomic E-state index is 15.1. The highest BCUT2D eigenvalue weighted by Gasteiger charge is 2.36. The Hall–Kier alpha value is -2.83. The molecular weight excluding hydrogens is 491 g/mol. The summed E-state index contributed by atoms with van der Waals surface area (Å²) in [6.45, 7) is 12.5. The van der Waals surface area contributed by atoms with Crippen molar-refractivity contribution in [2.24, 2.45) is 11.8 Å². The van der Waals surface area contributed by atoms with Gasteiger partial charge in [-0.15, -0.1) is 0 Å². The lowest BCUT2D eigenvalue weighted by atomic mass is 9.72. The second kappa shape index (κ2) is 13.5. The summed E-state index contributed by atoms with van der Waals surface area (Å²) in [7, 11) is 1.71. The number of methoxy groups -OCH3 is 1. The summed E-state index contributed by atoms with van der Waals surface area (Å²) < 4.78 is 26.5. The highest BCUT2D eigenvalue weighted by molar-refractivity contribution is 5.37. The molecule has 0 aromatic heterocycles. The van der Waals surface area contributed by atoms with Crippen molar-refractivity contribution in [3.63, 3.8) is 0 Å². The van der Waals surface area contributed by atoms with Crippen LogP contribution in [0.4, 0.5) is 4.39 Å². The SMILES string of the molecule is CCN(CC)CCOc1ccc(CN(C(C)C)C2C=C(OC)C=CC2[C@@H]2CCc3cc(O)ccc3C2)cc1F. The summed E-state index contributed by atoms with van der Waals surface area (Å²) in [4.78, 5) is 4.72. The molecule has 0 radical (unpaired) electrons. The molecule has 2 aromatic carbocycles. The Morgan fingerprint density at radius 2 is 1.87 bits per heavy atom. The van der Waals surface area contributed by atoms with Crippen LogP contribution in [-0.4, -0.2) is 60.3 Å². The van der Waals surface area contributed by atoms with Gasteiger partial charge in [0, 0.05) is 25.2 Å². The maximum absolute atomic E-state index is 15.1. The van der Waals surface area contributed by atoms with Gasteiger partial charge in [-0.25, -0.2) is 4.39 Å². The van der Waals surface area contributed by atoms with Crippen LogP contribution in [0, 0.1) is 17.7 Å². The third-order valence-electron chi connectivity index (χ3n) is 8.42. The van der Waals surface area contributed by atoms with Gasteiger partial charge in [-0.1, -0.05) is 32.1 Å². The normalized spacial score (nSPS) is 20.8.